The number of nitrogens with two attached hydrogens (primary N) is 1. The van der Waals surface area contributed by atoms with E-state index in [1.54, 1.807) is 41.2 Å². The molecule has 2 aromatic carbocycles. The van der Waals surface area contributed by atoms with Crippen LogP contribution in [-0.2, 0) is 6.54 Å². The van der Waals surface area contributed by atoms with Crippen LogP contribution in [0.1, 0.15) is 11.1 Å². The highest BCUT2D eigenvalue weighted by molar-refractivity contribution is 5.81. The van der Waals surface area contributed by atoms with E-state index >= 15 is 0 Å². The maximum atomic E-state index is 8.89. The average Bonchev–Trinajstić information content (AvgIpc) is 3.11. The molecule has 1 heterocycles. The molecule has 8 nitrogen and oxygen atoms in total. The van der Waals surface area contributed by atoms with E-state index < -0.39 is 0 Å². The van der Waals surface area contributed by atoms with Gasteiger partial charge in [0.2, 0.25) is 0 Å². The lowest BCUT2D eigenvalue weighted by atomic mass is 10.1. The molecule has 8 heteroatoms. The Morgan fingerprint density at radius 1 is 1.04 bits per heavy atom. The van der Waals surface area contributed by atoms with Crippen LogP contribution in [0.2, 0.25) is 0 Å². The number of nitrogens with one attached hydrogen (secondary N) is 1. The molecule has 0 aliphatic carbocycles. The second kappa shape index (κ2) is 9.78. The molecule has 27 heavy (non-hydrogen) atoms. The molecule has 1 aromatic heterocycles. The molecule has 138 valence electrons. The molecule has 3 aromatic rings. The molecule has 0 fully saturated rings. The van der Waals surface area contributed by atoms with Gasteiger partial charge in [0.15, 0.2) is 0 Å². The number of imidazole rings is 1. The standard InChI is InChI=1S/C10H9N3O.C9H11N3O/c11-6-8-2-1-3-9-10(8)13(4-5-14)7-12-9;10-6-7-2-1-3-8(11)9(7)12-4-5-13/h1-3,7,14H,4-5H2;1-3,12-13H,4-5,11H2. The van der Waals surface area contributed by atoms with E-state index in [1.165, 1.54) is 0 Å². The van der Waals surface area contributed by atoms with Crippen molar-refractivity contribution in [3.63, 3.8) is 0 Å². The SMILES string of the molecule is N#Cc1cccc(N)c1NCCO.N#Cc1cccc2ncn(CCO)c12. The number of anilines is 2. The van der Waals surface area contributed by atoms with E-state index in [1.807, 2.05) is 12.1 Å². The van der Waals surface area contributed by atoms with E-state index in [2.05, 4.69) is 16.4 Å². The summed E-state index contributed by atoms with van der Waals surface area (Å²) in [6.45, 7) is 0.919. The fourth-order valence-corrected chi connectivity index (χ4v) is 2.54. The molecule has 0 atom stereocenters. The second-order valence-corrected chi connectivity index (χ2v) is 5.48. The van der Waals surface area contributed by atoms with E-state index in [-0.39, 0.29) is 13.2 Å². The number of aliphatic hydroxyl groups excluding tert-OH is 2. The highest BCUT2D eigenvalue weighted by atomic mass is 16.3. The van der Waals surface area contributed by atoms with Crippen molar-refractivity contribution in [3.8, 4) is 12.1 Å². The van der Waals surface area contributed by atoms with E-state index in [4.69, 9.17) is 26.5 Å². The first-order valence-electron chi connectivity index (χ1n) is 8.24. The minimum absolute atomic E-state index is 0.0131. The number of fused-ring (bicyclic) bond motifs is 1. The number of nitrogens with zero attached hydrogens (tertiary/aromatic N) is 4. The number of para-hydroxylation sites is 2. The number of aromatic nitrogens is 2. The smallest absolute Gasteiger partial charge is 0.101 e. The first-order chi connectivity index (χ1) is 13.2. The van der Waals surface area contributed by atoms with E-state index in [9.17, 15) is 0 Å². The Bertz CT molecular complexity index is 984. The molecule has 0 unspecified atom stereocenters. The molecule has 3 rings (SSSR count). The number of rotatable bonds is 5. The van der Waals surface area contributed by atoms with Crippen LogP contribution in [0.15, 0.2) is 42.7 Å². The highest BCUT2D eigenvalue weighted by Crippen LogP contribution is 2.22. The summed E-state index contributed by atoms with van der Waals surface area (Å²) in [4.78, 5) is 4.15. The van der Waals surface area contributed by atoms with Crippen molar-refractivity contribution in [1.29, 1.82) is 10.5 Å². The van der Waals surface area contributed by atoms with Crippen LogP contribution in [0, 0.1) is 22.7 Å². The molecule has 0 amide bonds. The quantitative estimate of drug-likeness (QED) is 0.501. The summed E-state index contributed by atoms with van der Waals surface area (Å²) in [5.41, 5.74) is 9.43. The van der Waals surface area contributed by atoms with Crippen molar-refractivity contribution in [2.24, 2.45) is 0 Å². The van der Waals surface area contributed by atoms with Gasteiger partial charge >= 0.3 is 0 Å². The van der Waals surface area contributed by atoms with Crippen LogP contribution in [0.25, 0.3) is 11.0 Å². The van der Waals surface area contributed by atoms with Gasteiger partial charge in [0.1, 0.15) is 12.1 Å². The zero-order valence-electron chi connectivity index (χ0n) is 14.6. The molecule has 0 aliphatic heterocycles. The molecule has 0 saturated carbocycles. The Morgan fingerprint density at radius 2 is 1.74 bits per heavy atom. The molecule has 5 N–H and O–H groups in total. The fourth-order valence-electron chi connectivity index (χ4n) is 2.54. The van der Waals surface area contributed by atoms with E-state index in [0.29, 0.717) is 35.6 Å². The Labute approximate surface area is 156 Å². The van der Waals surface area contributed by atoms with Gasteiger partial charge in [-0.05, 0) is 24.3 Å². The first kappa shape index (κ1) is 19.7. The van der Waals surface area contributed by atoms with Crippen LogP contribution in [0.4, 0.5) is 11.4 Å². The van der Waals surface area contributed by atoms with Gasteiger partial charge in [0.05, 0.1) is 53.1 Å². The average molecular weight is 364 g/mol. The summed E-state index contributed by atoms with van der Waals surface area (Å²) in [5, 5.41) is 37.9. The molecule has 0 aliphatic rings. The number of hydrogen-bond donors (Lipinski definition) is 4. The van der Waals surface area contributed by atoms with Crippen LogP contribution in [-0.4, -0.2) is 39.5 Å². The number of aliphatic hydroxyl groups is 2. The maximum absolute atomic E-state index is 8.89. The van der Waals surface area contributed by atoms with Crippen molar-refractivity contribution in [2.45, 2.75) is 6.54 Å². The molecule has 0 spiro atoms. The third kappa shape index (κ3) is 4.73. The Kier molecular flexibility index (Phi) is 7.15. The summed E-state index contributed by atoms with van der Waals surface area (Å²) in [6.07, 6.45) is 1.64. The van der Waals surface area contributed by atoms with E-state index in [0.717, 1.165) is 11.0 Å². The van der Waals surface area contributed by atoms with Gasteiger partial charge in [-0.3, -0.25) is 0 Å². The largest absolute Gasteiger partial charge is 0.397 e. The van der Waals surface area contributed by atoms with Gasteiger partial charge in [-0.25, -0.2) is 4.98 Å². The number of nitrogen functional groups attached to an aromatic ring is 1. The number of benzene rings is 2. The zero-order chi connectivity index (χ0) is 19.6. The molecular weight excluding hydrogens is 344 g/mol. The Hall–Kier alpha value is -3.59. The van der Waals surface area contributed by atoms with Crippen molar-refractivity contribution in [1.82, 2.24) is 9.55 Å². The summed E-state index contributed by atoms with van der Waals surface area (Å²) in [7, 11) is 0. The summed E-state index contributed by atoms with van der Waals surface area (Å²) < 4.78 is 1.79. The fraction of sp³-hybridized carbons (Fsp3) is 0.211. The molecule has 0 radical (unpaired) electrons. The second-order valence-electron chi connectivity index (χ2n) is 5.48. The number of nitriles is 2. The van der Waals surface area contributed by atoms with Gasteiger partial charge in [-0.15, -0.1) is 0 Å². The lowest BCUT2D eigenvalue weighted by molar-refractivity contribution is 0.278. The van der Waals surface area contributed by atoms with Crippen molar-refractivity contribution in [3.05, 3.63) is 53.9 Å². The lowest BCUT2D eigenvalue weighted by Gasteiger charge is -2.08. The molecule has 0 saturated heterocycles. The predicted octanol–water partition coefficient (Wildman–Crippen LogP) is 1.44. The van der Waals surface area contributed by atoms with Crippen LogP contribution < -0.4 is 11.1 Å². The summed E-state index contributed by atoms with van der Waals surface area (Å²) in [6, 6.07) is 14.6. The highest BCUT2D eigenvalue weighted by Gasteiger charge is 2.06. The maximum Gasteiger partial charge on any atom is 0.101 e. The topological polar surface area (TPSA) is 144 Å². The lowest BCUT2D eigenvalue weighted by Crippen LogP contribution is -2.08. The third-order valence-corrected chi connectivity index (χ3v) is 3.73. The number of hydrogen-bond acceptors (Lipinski definition) is 7. The molecule has 0 bridgehead atoms. The van der Waals surface area contributed by atoms with Crippen molar-refractivity contribution in [2.75, 3.05) is 30.8 Å². The normalized spacial score (nSPS) is 9.78. The van der Waals surface area contributed by atoms with Crippen LogP contribution >= 0.6 is 0 Å². The predicted molar refractivity (Wildman–Crippen MR) is 103 cm³/mol. The van der Waals surface area contributed by atoms with Crippen LogP contribution in [0.3, 0.4) is 0 Å². The van der Waals surface area contributed by atoms with Gasteiger partial charge in [-0.1, -0.05) is 12.1 Å². The van der Waals surface area contributed by atoms with Gasteiger partial charge in [0, 0.05) is 13.1 Å². The monoisotopic (exact) mass is 364 g/mol. The zero-order valence-corrected chi connectivity index (χ0v) is 14.6. The van der Waals surface area contributed by atoms with Crippen molar-refractivity contribution < 1.29 is 10.2 Å². The van der Waals surface area contributed by atoms with Gasteiger partial charge < -0.3 is 25.8 Å². The van der Waals surface area contributed by atoms with Crippen molar-refractivity contribution >= 4 is 22.4 Å². The van der Waals surface area contributed by atoms with Gasteiger partial charge in [-0.2, -0.15) is 10.5 Å². The first-order valence-corrected chi connectivity index (χ1v) is 8.24. The summed E-state index contributed by atoms with van der Waals surface area (Å²) in [5.74, 6) is 0. The Morgan fingerprint density at radius 3 is 2.41 bits per heavy atom. The Balaban J connectivity index is 0.000000194. The van der Waals surface area contributed by atoms with Crippen LogP contribution in [0.5, 0.6) is 0 Å². The van der Waals surface area contributed by atoms with Gasteiger partial charge in [0.25, 0.3) is 0 Å². The third-order valence-electron chi connectivity index (χ3n) is 3.73. The molecular formula is C19H20N6O2. The summed E-state index contributed by atoms with van der Waals surface area (Å²) >= 11 is 0. The minimum atomic E-state index is 0.0131. The minimum Gasteiger partial charge on any atom is -0.397 e.